The van der Waals surface area contributed by atoms with Crippen LogP contribution < -0.4 is 0 Å². The standard InChI is InChI=1S/C15H9N3S/c16-8-11-1-3-14(4-2-11)18-6-5-13-7-12(10-19)9-17-15(13)18/h1-7,9-10H. The minimum absolute atomic E-state index is 0.649. The van der Waals surface area contributed by atoms with Crippen molar-refractivity contribution >= 4 is 28.6 Å². The lowest BCUT2D eigenvalue weighted by Gasteiger charge is -2.04. The average molecular weight is 263 g/mol. The van der Waals surface area contributed by atoms with E-state index in [1.165, 1.54) is 0 Å². The fourth-order valence-corrected chi connectivity index (χ4v) is 2.14. The van der Waals surface area contributed by atoms with E-state index in [2.05, 4.69) is 11.1 Å². The fourth-order valence-electron chi connectivity index (χ4n) is 2.01. The summed E-state index contributed by atoms with van der Waals surface area (Å²) >= 11 is 4.91. The lowest BCUT2D eigenvalue weighted by molar-refractivity contribution is 1.09. The van der Waals surface area contributed by atoms with Gasteiger partial charge in [0, 0.05) is 34.4 Å². The first-order chi connectivity index (χ1) is 9.31. The van der Waals surface area contributed by atoms with E-state index >= 15 is 0 Å². The third-order valence-electron chi connectivity index (χ3n) is 2.96. The van der Waals surface area contributed by atoms with Crippen molar-refractivity contribution in [1.29, 1.82) is 5.26 Å². The summed E-state index contributed by atoms with van der Waals surface area (Å²) in [6.45, 7) is 0. The summed E-state index contributed by atoms with van der Waals surface area (Å²) in [5.74, 6) is 0. The van der Waals surface area contributed by atoms with Gasteiger partial charge in [0.1, 0.15) is 5.65 Å². The van der Waals surface area contributed by atoms with Crippen LogP contribution in [0.15, 0.2) is 48.8 Å². The Labute approximate surface area is 115 Å². The third-order valence-corrected chi connectivity index (χ3v) is 3.23. The Morgan fingerprint density at radius 2 is 2.00 bits per heavy atom. The van der Waals surface area contributed by atoms with Crippen LogP contribution in [0.3, 0.4) is 0 Å². The summed E-state index contributed by atoms with van der Waals surface area (Å²) < 4.78 is 1.99. The number of hydrogen-bond donors (Lipinski definition) is 0. The maximum atomic E-state index is 8.81. The van der Waals surface area contributed by atoms with Gasteiger partial charge >= 0.3 is 0 Å². The molecule has 0 N–H and O–H groups in total. The van der Waals surface area contributed by atoms with E-state index in [9.17, 15) is 0 Å². The van der Waals surface area contributed by atoms with E-state index in [0.29, 0.717) is 5.56 Å². The fraction of sp³-hybridized carbons (Fsp3) is 0. The predicted molar refractivity (Wildman–Crippen MR) is 78.5 cm³/mol. The molecule has 4 heteroatoms. The molecule has 0 fully saturated rings. The quantitative estimate of drug-likeness (QED) is 0.666. The molecular weight excluding hydrogens is 254 g/mol. The number of pyridine rings is 1. The van der Waals surface area contributed by atoms with Crippen LogP contribution in [0.5, 0.6) is 0 Å². The van der Waals surface area contributed by atoms with Gasteiger partial charge < -0.3 is 4.57 Å². The molecule has 1 aromatic carbocycles. The molecule has 3 rings (SSSR count). The molecule has 0 saturated heterocycles. The van der Waals surface area contributed by atoms with Gasteiger partial charge in [-0.15, -0.1) is 0 Å². The normalized spacial score (nSPS) is 10.3. The van der Waals surface area contributed by atoms with Gasteiger partial charge in [-0.1, -0.05) is 12.2 Å². The molecule has 3 aromatic rings. The second-order valence-corrected chi connectivity index (χ2v) is 4.38. The number of rotatable bonds is 2. The molecular formula is C15H9N3S. The molecule has 0 amide bonds. The molecule has 0 aliphatic heterocycles. The van der Waals surface area contributed by atoms with Crippen LogP contribution in [0.25, 0.3) is 16.7 Å². The van der Waals surface area contributed by atoms with Crippen molar-refractivity contribution in [2.24, 2.45) is 0 Å². The van der Waals surface area contributed by atoms with Crippen molar-refractivity contribution in [3.05, 3.63) is 59.9 Å². The summed E-state index contributed by atoms with van der Waals surface area (Å²) in [7, 11) is 0. The molecule has 2 heterocycles. The molecule has 0 saturated carbocycles. The topological polar surface area (TPSA) is 41.6 Å². The van der Waals surface area contributed by atoms with Crippen LogP contribution in [0.4, 0.5) is 0 Å². The average Bonchev–Trinajstić information content (AvgIpc) is 2.90. The number of thiocarbonyl (C=S) groups is 1. The number of nitriles is 1. The summed E-state index contributed by atoms with van der Waals surface area (Å²) in [6, 6.07) is 13.5. The zero-order chi connectivity index (χ0) is 13.2. The second kappa shape index (κ2) is 4.63. The van der Waals surface area contributed by atoms with E-state index in [4.69, 9.17) is 17.5 Å². The summed E-state index contributed by atoms with van der Waals surface area (Å²) in [6.07, 6.45) is 3.72. The van der Waals surface area contributed by atoms with Crippen molar-refractivity contribution in [3.8, 4) is 11.8 Å². The SMILES string of the molecule is N#Cc1ccc(-n2ccc3cc(C=S)cnc32)cc1. The van der Waals surface area contributed by atoms with E-state index < -0.39 is 0 Å². The molecule has 2 aromatic heterocycles. The van der Waals surface area contributed by atoms with Crippen LogP contribution in [0.2, 0.25) is 0 Å². The first-order valence-electron chi connectivity index (χ1n) is 5.74. The van der Waals surface area contributed by atoms with E-state index in [1.807, 2.05) is 35.0 Å². The first kappa shape index (κ1) is 11.6. The molecule has 0 aliphatic rings. The van der Waals surface area contributed by atoms with Gasteiger partial charge in [-0.3, -0.25) is 0 Å². The lowest BCUT2D eigenvalue weighted by Crippen LogP contribution is -1.94. The molecule has 0 spiro atoms. The first-order valence-corrected chi connectivity index (χ1v) is 6.22. The van der Waals surface area contributed by atoms with Crippen LogP contribution in [-0.4, -0.2) is 14.9 Å². The predicted octanol–water partition coefficient (Wildman–Crippen LogP) is 3.24. The van der Waals surface area contributed by atoms with Crippen LogP contribution in [-0.2, 0) is 0 Å². The largest absolute Gasteiger partial charge is 0.301 e. The highest BCUT2D eigenvalue weighted by molar-refractivity contribution is 7.79. The maximum absolute atomic E-state index is 8.81. The molecule has 0 unspecified atom stereocenters. The molecule has 90 valence electrons. The van der Waals surface area contributed by atoms with Gasteiger partial charge in [0.05, 0.1) is 11.6 Å². The van der Waals surface area contributed by atoms with E-state index in [0.717, 1.165) is 22.3 Å². The molecule has 19 heavy (non-hydrogen) atoms. The minimum Gasteiger partial charge on any atom is -0.301 e. The van der Waals surface area contributed by atoms with Gasteiger partial charge in [0.2, 0.25) is 0 Å². The van der Waals surface area contributed by atoms with E-state index in [1.54, 1.807) is 23.7 Å². The van der Waals surface area contributed by atoms with Gasteiger partial charge in [-0.05, 0) is 36.4 Å². The Kier molecular flexibility index (Phi) is 2.82. The number of aromatic nitrogens is 2. The Morgan fingerprint density at radius 1 is 1.21 bits per heavy atom. The molecule has 0 radical (unpaired) electrons. The van der Waals surface area contributed by atoms with E-state index in [-0.39, 0.29) is 0 Å². The Bertz CT molecular complexity index is 794. The Morgan fingerprint density at radius 3 is 2.68 bits per heavy atom. The minimum atomic E-state index is 0.649. The van der Waals surface area contributed by atoms with Gasteiger partial charge in [-0.2, -0.15) is 5.26 Å². The van der Waals surface area contributed by atoms with Crippen LogP contribution >= 0.6 is 12.2 Å². The maximum Gasteiger partial charge on any atom is 0.144 e. The van der Waals surface area contributed by atoms with Crippen molar-refractivity contribution in [2.45, 2.75) is 0 Å². The number of hydrogen-bond acceptors (Lipinski definition) is 3. The lowest BCUT2D eigenvalue weighted by atomic mass is 10.2. The van der Waals surface area contributed by atoms with Gasteiger partial charge in [0.25, 0.3) is 0 Å². The van der Waals surface area contributed by atoms with Crippen molar-refractivity contribution in [1.82, 2.24) is 9.55 Å². The molecule has 3 nitrogen and oxygen atoms in total. The van der Waals surface area contributed by atoms with Crippen LogP contribution in [0, 0.1) is 11.3 Å². The van der Waals surface area contributed by atoms with Crippen LogP contribution in [0.1, 0.15) is 11.1 Å². The third kappa shape index (κ3) is 2.01. The van der Waals surface area contributed by atoms with Crippen molar-refractivity contribution in [2.75, 3.05) is 0 Å². The summed E-state index contributed by atoms with van der Waals surface area (Å²) in [5.41, 5.74) is 3.44. The number of fused-ring (bicyclic) bond motifs is 1. The summed E-state index contributed by atoms with van der Waals surface area (Å²) in [4.78, 5) is 4.43. The highest BCUT2D eigenvalue weighted by Gasteiger charge is 2.05. The molecule has 0 bridgehead atoms. The highest BCUT2D eigenvalue weighted by atomic mass is 32.1. The Balaban J connectivity index is 2.14. The zero-order valence-electron chi connectivity index (χ0n) is 9.95. The number of benzene rings is 1. The number of nitrogens with zero attached hydrogens (tertiary/aromatic N) is 3. The zero-order valence-corrected chi connectivity index (χ0v) is 10.8. The van der Waals surface area contributed by atoms with Gasteiger partial charge in [0.15, 0.2) is 0 Å². The van der Waals surface area contributed by atoms with Crippen molar-refractivity contribution in [3.63, 3.8) is 0 Å². The van der Waals surface area contributed by atoms with Gasteiger partial charge in [-0.25, -0.2) is 4.98 Å². The smallest absolute Gasteiger partial charge is 0.144 e. The molecule has 0 aliphatic carbocycles. The molecule has 0 atom stereocenters. The van der Waals surface area contributed by atoms with Crippen molar-refractivity contribution < 1.29 is 0 Å². The highest BCUT2D eigenvalue weighted by Crippen LogP contribution is 2.19. The summed E-state index contributed by atoms with van der Waals surface area (Å²) in [5, 5.41) is 11.5. The monoisotopic (exact) mass is 263 g/mol. The Hall–Kier alpha value is -2.51. The second-order valence-electron chi connectivity index (χ2n) is 4.14.